The molecule has 3 aromatic rings. The molecule has 136 valence electrons. The van der Waals surface area contributed by atoms with Crippen molar-refractivity contribution in [3.8, 4) is 0 Å². The van der Waals surface area contributed by atoms with E-state index in [0.29, 0.717) is 6.04 Å². The fraction of sp³-hybridized carbons (Fsp3) is 0.333. The molecule has 1 saturated carbocycles. The topological polar surface area (TPSA) is 9.72 Å². The van der Waals surface area contributed by atoms with Crippen molar-refractivity contribution in [2.45, 2.75) is 38.1 Å². The average Bonchev–Trinajstić information content (AvgIpc) is 3.12. The number of fused-ring (bicyclic) bond motifs is 3. The lowest BCUT2D eigenvalue weighted by Gasteiger charge is -2.36. The normalized spacial score (nSPS) is 18.8. The maximum Gasteiger partial charge on any atom is 0.0957 e. The number of benzene rings is 3. The highest BCUT2D eigenvalue weighted by atomic mass is 15.4. The molecule has 0 bridgehead atoms. The minimum atomic E-state index is 0.685. The van der Waals surface area contributed by atoms with Gasteiger partial charge in [-0.15, -0.1) is 0 Å². The minimum absolute atomic E-state index is 0.685. The third kappa shape index (κ3) is 2.14. The molecule has 0 amide bonds. The SMILES string of the molecule is CN1c2cc3ccccc3cc2N2CN(C3CCCCC3)c3cccc1c32. The smallest absolute Gasteiger partial charge is 0.0957 e. The van der Waals surface area contributed by atoms with Crippen LogP contribution >= 0.6 is 0 Å². The largest absolute Gasteiger partial charge is 0.349 e. The van der Waals surface area contributed by atoms with E-state index >= 15 is 0 Å². The first-order valence-electron chi connectivity index (χ1n) is 10.2. The summed E-state index contributed by atoms with van der Waals surface area (Å²) in [6, 6.07) is 21.0. The van der Waals surface area contributed by atoms with Gasteiger partial charge in [-0.1, -0.05) is 49.6 Å². The third-order valence-corrected chi connectivity index (χ3v) is 6.74. The minimum Gasteiger partial charge on any atom is -0.349 e. The van der Waals surface area contributed by atoms with Crippen molar-refractivity contribution < 1.29 is 0 Å². The van der Waals surface area contributed by atoms with Crippen molar-refractivity contribution in [1.29, 1.82) is 0 Å². The Morgan fingerprint density at radius 1 is 0.741 bits per heavy atom. The fourth-order valence-corrected chi connectivity index (χ4v) is 5.33. The van der Waals surface area contributed by atoms with Crippen LogP contribution in [-0.4, -0.2) is 19.8 Å². The van der Waals surface area contributed by atoms with E-state index < -0.39 is 0 Å². The molecule has 0 saturated heterocycles. The van der Waals surface area contributed by atoms with Crippen LogP contribution in [0.25, 0.3) is 10.8 Å². The standard InChI is InChI=1S/C24H25N3/c1-25-20-12-7-13-21-24(20)27(16-26(21)19-10-3-2-4-11-19)23-15-18-9-6-5-8-17(18)14-22(23)25/h5-9,12-15,19H,2-4,10-11,16H2,1H3. The zero-order chi connectivity index (χ0) is 18.0. The third-order valence-electron chi connectivity index (χ3n) is 6.74. The summed E-state index contributed by atoms with van der Waals surface area (Å²) in [7, 11) is 2.21. The molecule has 1 aliphatic carbocycles. The molecule has 0 unspecified atom stereocenters. The second-order valence-corrected chi connectivity index (χ2v) is 8.22. The Hall–Kier alpha value is -2.68. The molecule has 3 aromatic carbocycles. The van der Waals surface area contributed by atoms with E-state index in [1.807, 2.05) is 0 Å². The second-order valence-electron chi connectivity index (χ2n) is 8.22. The van der Waals surface area contributed by atoms with Crippen LogP contribution in [0.1, 0.15) is 32.1 Å². The highest BCUT2D eigenvalue weighted by Gasteiger charge is 2.38. The van der Waals surface area contributed by atoms with Gasteiger partial charge in [0, 0.05) is 13.1 Å². The first-order valence-corrected chi connectivity index (χ1v) is 10.2. The molecule has 0 spiro atoms. The maximum absolute atomic E-state index is 2.68. The van der Waals surface area contributed by atoms with Gasteiger partial charge in [0.1, 0.15) is 0 Å². The first kappa shape index (κ1) is 15.4. The number of rotatable bonds is 1. The molecule has 6 rings (SSSR count). The number of hydrogen-bond acceptors (Lipinski definition) is 3. The molecule has 3 heteroatoms. The van der Waals surface area contributed by atoms with Crippen LogP contribution in [0.15, 0.2) is 54.6 Å². The molecule has 2 aliphatic heterocycles. The maximum atomic E-state index is 2.68. The van der Waals surface area contributed by atoms with Crippen molar-refractivity contribution in [1.82, 2.24) is 0 Å². The molecule has 1 fully saturated rings. The van der Waals surface area contributed by atoms with E-state index in [4.69, 9.17) is 0 Å². The predicted molar refractivity (Wildman–Crippen MR) is 115 cm³/mol. The van der Waals surface area contributed by atoms with Crippen LogP contribution < -0.4 is 14.7 Å². The molecular weight excluding hydrogens is 330 g/mol. The molecule has 3 aliphatic rings. The summed E-state index contributed by atoms with van der Waals surface area (Å²) >= 11 is 0. The molecule has 0 atom stereocenters. The van der Waals surface area contributed by atoms with Gasteiger partial charge in [-0.3, -0.25) is 0 Å². The monoisotopic (exact) mass is 355 g/mol. The lowest BCUT2D eigenvalue weighted by atomic mass is 9.94. The van der Waals surface area contributed by atoms with Gasteiger partial charge in [-0.05, 0) is 47.9 Å². The summed E-state index contributed by atoms with van der Waals surface area (Å²) in [6.45, 7) is 0.982. The van der Waals surface area contributed by atoms with E-state index in [1.54, 1.807) is 0 Å². The van der Waals surface area contributed by atoms with Crippen molar-refractivity contribution >= 4 is 39.2 Å². The van der Waals surface area contributed by atoms with Crippen molar-refractivity contribution in [3.05, 3.63) is 54.6 Å². The van der Waals surface area contributed by atoms with Gasteiger partial charge in [-0.25, -0.2) is 0 Å². The fourth-order valence-electron chi connectivity index (χ4n) is 5.33. The van der Waals surface area contributed by atoms with Crippen LogP contribution in [0, 0.1) is 0 Å². The Balaban J connectivity index is 1.53. The molecule has 2 heterocycles. The van der Waals surface area contributed by atoms with Gasteiger partial charge in [0.15, 0.2) is 0 Å². The Morgan fingerprint density at radius 3 is 2.22 bits per heavy atom. The van der Waals surface area contributed by atoms with Crippen molar-refractivity contribution in [2.24, 2.45) is 0 Å². The average molecular weight is 355 g/mol. The molecule has 0 radical (unpaired) electrons. The summed E-state index contributed by atoms with van der Waals surface area (Å²) in [4.78, 5) is 7.61. The molecule has 27 heavy (non-hydrogen) atoms. The highest BCUT2D eigenvalue weighted by Crippen LogP contribution is 2.55. The molecule has 0 N–H and O–H groups in total. The van der Waals surface area contributed by atoms with Gasteiger partial charge >= 0.3 is 0 Å². The highest BCUT2D eigenvalue weighted by molar-refractivity contribution is 6.05. The Labute approximate surface area is 160 Å². The predicted octanol–water partition coefficient (Wildman–Crippen LogP) is 6.17. The van der Waals surface area contributed by atoms with Gasteiger partial charge in [0.25, 0.3) is 0 Å². The van der Waals surface area contributed by atoms with Gasteiger partial charge in [0.05, 0.1) is 35.1 Å². The molecular formula is C24H25N3. The van der Waals surface area contributed by atoms with Crippen molar-refractivity contribution in [3.63, 3.8) is 0 Å². The number of hydrogen-bond donors (Lipinski definition) is 0. The Morgan fingerprint density at radius 2 is 1.44 bits per heavy atom. The lowest BCUT2D eigenvalue weighted by molar-refractivity contribution is 0.420. The van der Waals surface area contributed by atoms with Crippen LogP contribution in [0.2, 0.25) is 0 Å². The molecule has 0 aromatic heterocycles. The van der Waals surface area contributed by atoms with Crippen LogP contribution in [-0.2, 0) is 0 Å². The quantitative estimate of drug-likeness (QED) is 0.517. The van der Waals surface area contributed by atoms with E-state index in [1.165, 1.54) is 71.3 Å². The first-order chi connectivity index (χ1) is 13.3. The number of nitrogens with zero attached hydrogens (tertiary/aromatic N) is 3. The van der Waals surface area contributed by atoms with Crippen molar-refractivity contribution in [2.75, 3.05) is 28.4 Å². The number of para-hydroxylation sites is 1. The van der Waals surface area contributed by atoms with Crippen LogP contribution in [0.4, 0.5) is 28.4 Å². The van der Waals surface area contributed by atoms with E-state index in [0.717, 1.165) is 6.67 Å². The Kier molecular flexibility index (Phi) is 3.22. The van der Waals surface area contributed by atoms with E-state index in [9.17, 15) is 0 Å². The number of anilines is 5. The van der Waals surface area contributed by atoms with Gasteiger partial charge in [-0.2, -0.15) is 0 Å². The summed E-state index contributed by atoms with van der Waals surface area (Å²) in [5.74, 6) is 0. The second kappa shape index (κ2) is 5.66. The summed E-state index contributed by atoms with van der Waals surface area (Å²) in [5, 5.41) is 2.63. The van der Waals surface area contributed by atoms with Gasteiger partial charge in [0.2, 0.25) is 0 Å². The Bertz CT molecular complexity index is 1030. The van der Waals surface area contributed by atoms with E-state index in [-0.39, 0.29) is 0 Å². The summed E-state index contributed by atoms with van der Waals surface area (Å²) in [6.07, 6.45) is 6.81. The zero-order valence-corrected chi connectivity index (χ0v) is 15.9. The van der Waals surface area contributed by atoms with E-state index in [2.05, 4.69) is 76.3 Å². The van der Waals surface area contributed by atoms with Crippen LogP contribution in [0.3, 0.4) is 0 Å². The summed E-state index contributed by atoms with van der Waals surface area (Å²) < 4.78 is 0. The molecule has 3 nitrogen and oxygen atoms in total. The zero-order valence-electron chi connectivity index (χ0n) is 15.9. The summed E-state index contributed by atoms with van der Waals surface area (Å²) in [5.41, 5.74) is 6.80. The van der Waals surface area contributed by atoms with Gasteiger partial charge < -0.3 is 14.7 Å². The van der Waals surface area contributed by atoms with Crippen LogP contribution in [0.5, 0.6) is 0 Å². The lowest BCUT2D eigenvalue weighted by Crippen LogP contribution is -2.39.